The Morgan fingerprint density at radius 3 is 2.95 bits per heavy atom. The Kier molecular flexibility index (Phi) is 3.79. The molecule has 1 unspecified atom stereocenters. The Morgan fingerprint density at radius 2 is 2.26 bits per heavy atom. The minimum Gasteiger partial charge on any atom is -0.332 e. The average molecular weight is 280 g/mol. The third-order valence-corrected chi connectivity index (χ3v) is 4.82. The molecular formula is C13H20N4OS. The van der Waals surface area contributed by atoms with Crippen LogP contribution in [-0.2, 0) is 0 Å². The minimum absolute atomic E-state index is 0.104. The maximum absolute atomic E-state index is 12.1. The van der Waals surface area contributed by atoms with Gasteiger partial charge in [-0.15, -0.1) is 11.8 Å². The van der Waals surface area contributed by atoms with E-state index in [1.807, 2.05) is 6.26 Å². The van der Waals surface area contributed by atoms with E-state index < -0.39 is 0 Å². The Labute approximate surface area is 117 Å². The lowest BCUT2D eigenvalue weighted by Gasteiger charge is -2.26. The highest BCUT2D eigenvalue weighted by atomic mass is 32.2. The normalized spacial score (nSPS) is 30.1. The van der Waals surface area contributed by atoms with Crippen molar-refractivity contribution in [3.05, 3.63) is 12.4 Å². The van der Waals surface area contributed by atoms with Crippen molar-refractivity contribution in [2.45, 2.75) is 30.2 Å². The lowest BCUT2D eigenvalue weighted by Crippen LogP contribution is -2.43. The molecule has 3 fully saturated rings. The van der Waals surface area contributed by atoms with Gasteiger partial charge in [-0.1, -0.05) is 0 Å². The third kappa shape index (κ3) is 2.95. The second kappa shape index (κ2) is 5.54. The Hall–Kier alpha value is -1.01. The van der Waals surface area contributed by atoms with Crippen LogP contribution in [0.3, 0.4) is 0 Å². The second-order valence-electron chi connectivity index (χ2n) is 5.45. The van der Waals surface area contributed by atoms with E-state index in [2.05, 4.69) is 15.3 Å². The summed E-state index contributed by atoms with van der Waals surface area (Å²) in [6.07, 6.45) is 9.17. The minimum atomic E-state index is -0.104. The van der Waals surface area contributed by atoms with Crippen LogP contribution in [0.2, 0.25) is 0 Å². The van der Waals surface area contributed by atoms with E-state index >= 15 is 0 Å². The first-order valence-electron chi connectivity index (χ1n) is 6.86. The number of carbonyl (C=O) groups excluding carboxylic acids is 1. The zero-order chi connectivity index (χ0) is 13.2. The summed E-state index contributed by atoms with van der Waals surface area (Å²) in [6.45, 7) is 3.36. The first-order chi connectivity index (χ1) is 9.24. The highest BCUT2D eigenvalue weighted by molar-refractivity contribution is 7.98. The number of fused-ring (bicyclic) bond motifs is 4. The van der Waals surface area contributed by atoms with Gasteiger partial charge in [0.1, 0.15) is 0 Å². The lowest BCUT2D eigenvalue weighted by molar-refractivity contribution is 0.216. The number of aromatic nitrogens is 2. The summed E-state index contributed by atoms with van der Waals surface area (Å²) in [7, 11) is 0. The summed E-state index contributed by atoms with van der Waals surface area (Å²) in [4.78, 5) is 15.6. The van der Waals surface area contributed by atoms with E-state index in [-0.39, 0.29) is 12.1 Å². The van der Waals surface area contributed by atoms with E-state index in [1.54, 1.807) is 24.2 Å². The smallest absolute Gasteiger partial charge is 0.332 e. The van der Waals surface area contributed by atoms with Crippen LogP contribution >= 0.6 is 11.8 Å². The van der Waals surface area contributed by atoms with Crippen LogP contribution in [0.5, 0.6) is 0 Å². The molecule has 1 N–H and O–H groups in total. The lowest BCUT2D eigenvalue weighted by atomic mass is 9.94. The van der Waals surface area contributed by atoms with Gasteiger partial charge in [0.15, 0.2) is 0 Å². The highest BCUT2D eigenvalue weighted by Gasteiger charge is 2.30. The molecular weight excluding hydrogens is 260 g/mol. The SMILES string of the molecule is CSc1cnn(C(=O)NC2CC3CCN(CC3)C2)c1. The first kappa shape index (κ1) is 13.0. The fourth-order valence-electron chi connectivity index (χ4n) is 3.06. The fraction of sp³-hybridized carbons (Fsp3) is 0.692. The van der Waals surface area contributed by atoms with E-state index in [9.17, 15) is 4.79 Å². The number of thioether (sulfide) groups is 1. The van der Waals surface area contributed by atoms with Gasteiger partial charge in [-0.3, -0.25) is 0 Å². The number of rotatable bonds is 2. The van der Waals surface area contributed by atoms with Crippen molar-refractivity contribution in [3.63, 3.8) is 0 Å². The molecule has 3 aliphatic rings. The van der Waals surface area contributed by atoms with Crippen molar-refractivity contribution in [2.75, 3.05) is 25.9 Å². The molecule has 104 valence electrons. The van der Waals surface area contributed by atoms with E-state index in [1.165, 1.54) is 30.6 Å². The molecule has 3 saturated heterocycles. The molecule has 2 bridgehead atoms. The molecule has 5 nitrogen and oxygen atoms in total. The van der Waals surface area contributed by atoms with Gasteiger partial charge >= 0.3 is 6.03 Å². The van der Waals surface area contributed by atoms with Crippen molar-refractivity contribution in [1.29, 1.82) is 0 Å². The molecule has 6 heteroatoms. The molecule has 0 aliphatic carbocycles. The molecule has 1 atom stereocenters. The van der Waals surface area contributed by atoms with Gasteiger partial charge < -0.3 is 10.2 Å². The number of hydrogen-bond donors (Lipinski definition) is 1. The Bertz CT molecular complexity index is 439. The van der Waals surface area contributed by atoms with Gasteiger partial charge in [0, 0.05) is 23.7 Å². The summed E-state index contributed by atoms with van der Waals surface area (Å²) in [5.74, 6) is 0.781. The topological polar surface area (TPSA) is 50.2 Å². The van der Waals surface area contributed by atoms with Gasteiger partial charge in [0.2, 0.25) is 0 Å². The molecule has 19 heavy (non-hydrogen) atoms. The number of nitrogens with one attached hydrogen (secondary N) is 1. The summed E-state index contributed by atoms with van der Waals surface area (Å²) in [6, 6.07) is 0.164. The predicted molar refractivity (Wildman–Crippen MR) is 75.5 cm³/mol. The van der Waals surface area contributed by atoms with Crippen molar-refractivity contribution in [1.82, 2.24) is 20.0 Å². The molecule has 0 saturated carbocycles. The zero-order valence-electron chi connectivity index (χ0n) is 11.2. The monoisotopic (exact) mass is 280 g/mol. The maximum atomic E-state index is 12.1. The van der Waals surface area contributed by atoms with Crippen LogP contribution in [0.25, 0.3) is 0 Å². The van der Waals surface area contributed by atoms with Crippen molar-refractivity contribution >= 4 is 17.8 Å². The first-order valence-corrected chi connectivity index (χ1v) is 8.09. The van der Waals surface area contributed by atoms with Crippen LogP contribution in [0.1, 0.15) is 19.3 Å². The van der Waals surface area contributed by atoms with Crippen LogP contribution in [-0.4, -0.2) is 52.6 Å². The van der Waals surface area contributed by atoms with E-state index in [0.29, 0.717) is 0 Å². The van der Waals surface area contributed by atoms with Gasteiger partial charge in [0.05, 0.1) is 6.20 Å². The van der Waals surface area contributed by atoms with Crippen LogP contribution in [0, 0.1) is 5.92 Å². The summed E-state index contributed by atoms with van der Waals surface area (Å²) in [5.41, 5.74) is 0. The molecule has 1 amide bonds. The number of nitrogens with zero attached hydrogens (tertiary/aromatic N) is 3. The Balaban J connectivity index is 1.62. The molecule has 1 aromatic heterocycles. The van der Waals surface area contributed by atoms with Crippen LogP contribution in [0.4, 0.5) is 4.79 Å². The van der Waals surface area contributed by atoms with Gasteiger partial charge in [-0.05, 0) is 44.5 Å². The van der Waals surface area contributed by atoms with Gasteiger partial charge in [0.25, 0.3) is 0 Å². The number of hydrogen-bond acceptors (Lipinski definition) is 4. The molecule has 0 aromatic carbocycles. The molecule has 0 radical (unpaired) electrons. The van der Waals surface area contributed by atoms with Crippen LogP contribution in [0.15, 0.2) is 17.3 Å². The van der Waals surface area contributed by atoms with Crippen molar-refractivity contribution < 1.29 is 4.79 Å². The van der Waals surface area contributed by atoms with E-state index in [4.69, 9.17) is 0 Å². The fourth-order valence-corrected chi connectivity index (χ4v) is 3.42. The summed E-state index contributed by atoms with van der Waals surface area (Å²) < 4.78 is 1.41. The third-order valence-electron chi connectivity index (χ3n) is 4.13. The summed E-state index contributed by atoms with van der Waals surface area (Å²) in [5, 5.41) is 7.22. The highest BCUT2D eigenvalue weighted by Crippen LogP contribution is 2.26. The predicted octanol–water partition coefficient (Wildman–Crippen LogP) is 1.65. The van der Waals surface area contributed by atoms with Gasteiger partial charge in [-0.2, -0.15) is 9.78 Å². The van der Waals surface area contributed by atoms with Crippen LogP contribution < -0.4 is 5.32 Å². The number of carbonyl (C=O) groups is 1. The number of piperidine rings is 1. The second-order valence-corrected chi connectivity index (χ2v) is 6.33. The molecule has 1 aromatic rings. The average Bonchev–Trinajstić information content (AvgIpc) is 2.73. The number of amides is 1. The summed E-state index contributed by atoms with van der Waals surface area (Å²) >= 11 is 1.60. The quantitative estimate of drug-likeness (QED) is 0.837. The van der Waals surface area contributed by atoms with Crippen molar-refractivity contribution in [3.8, 4) is 0 Å². The zero-order valence-corrected chi connectivity index (χ0v) is 12.0. The molecule has 4 rings (SSSR count). The van der Waals surface area contributed by atoms with Crippen molar-refractivity contribution in [2.24, 2.45) is 5.92 Å². The van der Waals surface area contributed by atoms with Gasteiger partial charge in [-0.25, -0.2) is 4.79 Å². The molecule has 3 aliphatic heterocycles. The maximum Gasteiger partial charge on any atom is 0.342 e. The Morgan fingerprint density at radius 1 is 1.47 bits per heavy atom. The molecule has 4 heterocycles. The molecule has 0 spiro atoms. The van der Waals surface area contributed by atoms with E-state index in [0.717, 1.165) is 23.8 Å². The standard InChI is InChI=1S/C13H20N4OS/c1-19-12-7-14-17(9-12)13(18)15-11-6-10-2-4-16(8-11)5-3-10/h7,9-11H,2-6,8H2,1H3,(H,15,18). The largest absolute Gasteiger partial charge is 0.342 e.